The molecule has 1 rings (SSSR count). The van der Waals surface area contributed by atoms with E-state index in [1.165, 1.54) is 11.9 Å². The normalized spacial score (nSPS) is 15.7. The smallest absolute Gasteiger partial charge is 0.232 e. The molecule has 1 fully saturated rings. The molecule has 0 radical (unpaired) electrons. The molecule has 0 aromatic carbocycles. The summed E-state index contributed by atoms with van der Waals surface area (Å²) in [4.78, 5) is 43.0. The van der Waals surface area contributed by atoms with Crippen LogP contribution in [0.1, 0.15) is 80.6 Å². The van der Waals surface area contributed by atoms with E-state index in [1.54, 1.807) is 20.8 Å². The highest BCUT2D eigenvalue weighted by molar-refractivity contribution is 6.02. The van der Waals surface area contributed by atoms with Crippen LogP contribution in [0.15, 0.2) is 0 Å². The average molecular weight is 329 g/mol. The number of hydrogen-bond donors (Lipinski definition) is 0. The number of nitrogens with zero attached hydrogens (tertiary/aromatic N) is 1. The molecule has 5 nitrogen and oxygen atoms in total. The number of imide groups is 1. The zero-order valence-electron chi connectivity index (χ0n) is 14.9. The molecular formula is C18H35NO4. The Morgan fingerprint density at radius 2 is 1.52 bits per heavy atom. The minimum absolute atomic E-state index is 0. The molecule has 0 spiro atoms. The molecule has 2 amide bonds. The summed E-state index contributed by atoms with van der Waals surface area (Å²) >= 11 is 0. The zero-order valence-corrected chi connectivity index (χ0v) is 14.9. The Hall–Kier alpha value is -1.52. The Bertz CT molecular complexity index is 377. The Balaban J connectivity index is -0.000000262. The van der Waals surface area contributed by atoms with Gasteiger partial charge in [-0.15, -0.1) is 0 Å². The fraction of sp³-hybridized carbons (Fsp3) is 0.778. The third-order valence-electron chi connectivity index (χ3n) is 3.09. The molecule has 23 heavy (non-hydrogen) atoms. The molecule has 1 aliphatic rings. The first-order valence-electron chi connectivity index (χ1n) is 7.96. The summed E-state index contributed by atoms with van der Waals surface area (Å²) in [6, 6.07) is 0. The highest BCUT2D eigenvalue weighted by atomic mass is 16.2. The molecule has 0 saturated carbocycles. The highest BCUT2D eigenvalue weighted by Gasteiger charge is 2.32. The van der Waals surface area contributed by atoms with Gasteiger partial charge in [-0.05, 0) is 26.7 Å². The summed E-state index contributed by atoms with van der Waals surface area (Å²) in [7, 11) is 1.52. The fourth-order valence-electron chi connectivity index (χ4n) is 1.72. The van der Waals surface area contributed by atoms with Crippen molar-refractivity contribution < 1.29 is 19.2 Å². The van der Waals surface area contributed by atoms with E-state index < -0.39 is 0 Å². The summed E-state index contributed by atoms with van der Waals surface area (Å²) in [5.41, 5.74) is 0. The largest absolute Gasteiger partial charge is 0.300 e. The van der Waals surface area contributed by atoms with Crippen LogP contribution in [0.5, 0.6) is 0 Å². The molecule has 0 aromatic heterocycles. The van der Waals surface area contributed by atoms with Crippen LogP contribution in [0.25, 0.3) is 0 Å². The minimum Gasteiger partial charge on any atom is -0.300 e. The third-order valence-corrected chi connectivity index (χ3v) is 3.09. The molecule has 0 aliphatic carbocycles. The second-order valence-electron chi connectivity index (χ2n) is 5.65. The van der Waals surface area contributed by atoms with Gasteiger partial charge in [0, 0.05) is 32.2 Å². The zero-order chi connectivity index (χ0) is 17.7. The standard InChI is InChI=1S/C6H9NO2.C6H12O.C5H10O.CH4/c1-4-3-5(8)7(2)6(4)9;1-3-4-5-6(2)7;1-3-4-5(2)6;/h4H,3H2,1-2H3;3-5H2,1-2H3;3-4H2,1-2H3;1H4. The van der Waals surface area contributed by atoms with Crippen LogP contribution in [-0.2, 0) is 19.2 Å². The maximum absolute atomic E-state index is 10.8. The van der Waals surface area contributed by atoms with Crippen molar-refractivity contribution in [2.75, 3.05) is 7.05 Å². The summed E-state index contributed by atoms with van der Waals surface area (Å²) in [5.74, 6) is 0.384. The van der Waals surface area contributed by atoms with Crippen molar-refractivity contribution in [2.24, 2.45) is 5.92 Å². The van der Waals surface area contributed by atoms with Crippen molar-refractivity contribution in [3.63, 3.8) is 0 Å². The van der Waals surface area contributed by atoms with Gasteiger partial charge in [0.15, 0.2) is 0 Å². The first-order valence-corrected chi connectivity index (χ1v) is 7.96. The number of ketones is 2. The maximum Gasteiger partial charge on any atom is 0.232 e. The van der Waals surface area contributed by atoms with Crippen molar-refractivity contribution >= 4 is 23.4 Å². The predicted molar refractivity (Wildman–Crippen MR) is 94.1 cm³/mol. The van der Waals surface area contributed by atoms with Crippen LogP contribution in [0, 0.1) is 5.92 Å². The Morgan fingerprint density at radius 1 is 1.04 bits per heavy atom. The van der Waals surface area contributed by atoms with Crippen molar-refractivity contribution in [2.45, 2.75) is 80.6 Å². The van der Waals surface area contributed by atoms with Gasteiger partial charge in [0.25, 0.3) is 0 Å². The molecule has 1 atom stereocenters. The van der Waals surface area contributed by atoms with E-state index in [2.05, 4.69) is 6.92 Å². The van der Waals surface area contributed by atoms with Gasteiger partial charge < -0.3 is 9.59 Å². The lowest BCUT2D eigenvalue weighted by atomic mass is 10.1. The van der Waals surface area contributed by atoms with Gasteiger partial charge in [0.1, 0.15) is 11.6 Å². The van der Waals surface area contributed by atoms with E-state index in [0.717, 1.165) is 32.1 Å². The lowest BCUT2D eigenvalue weighted by Gasteiger charge is -2.03. The van der Waals surface area contributed by atoms with Crippen LogP contribution in [0.3, 0.4) is 0 Å². The van der Waals surface area contributed by atoms with Crippen LogP contribution >= 0.6 is 0 Å². The first kappa shape index (κ1) is 26.4. The van der Waals surface area contributed by atoms with E-state index in [9.17, 15) is 19.2 Å². The topological polar surface area (TPSA) is 71.5 Å². The first-order chi connectivity index (χ1) is 10.2. The number of rotatable bonds is 5. The number of amides is 2. The van der Waals surface area contributed by atoms with E-state index in [-0.39, 0.29) is 30.9 Å². The van der Waals surface area contributed by atoms with Gasteiger partial charge in [-0.2, -0.15) is 0 Å². The molecule has 136 valence electrons. The van der Waals surface area contributed by atoms with Gasteiger partial charge in [-0.25, -0.2) is 0 Å². The predicted octanol–water partition coefficient (Wildman–Crippen LogP) is 3.79. The fourth-order valence-corrected chi connectivity index (χ4v) is 1.72. The minimum atomic E-state index is -0.0949. The third kappa shape index (κ3) is 15.2. The van der Waals surface area contributed by atoms with Gasteiger partial charge in [0.05, 0.1) is 0 Å². The molecule has 0 aromatic rings. The molecule has 0 bridgehead atoms. The molecule has 5 heteroatoms. The molecule has 0 N–H and O–H groups in total. The number of carbonyl (C=O) groups is 4. The summed E-state index contributed by atoms with van der Waals surface area (Å²) in [6.07, 6.45) is 5.04. The van der Waals surface area contributed by atoms with Crippen LogP contribution in [0.4, 0.5) is 0 Å². The number of Topliss-reactive ketones (excluding diaryl/α,β-unsaturated/α-hetero) is 2. The molecular weight excluding hydrogens is 294 g/mol. The second kappa shape index (κ2) is 15.4. The SMILES string of the molecule is C.CC1CC(=O)N(C)C1=O.CCCC(C)=O.CCCCC(C)=O. The summed E-state index contributed by atoms with van der Waals surface area (Å²) < 4.78 is 0. The van der Waals surface area contributed by atoms with E-state index in [0.29, 0.717) is 12.2 Å². The lowest BCUT2D eigenvalue weighted by Crippen LogP contribution is -2.24. The van der Waals surface area contributed by atoms with Gasteiger partial charge in [0.2, 0.25) is 11.8 Å². The van der Waals surface area contributed by atoms with Crippen LogP contribution < -0.4 is 0 Å². The molecule has 1 saturated heterocycles. The number of hydrogen-bond acceptors (Lipinski definition) is 4. The van der Waals surface area contributed by atoms with Gasteiger partial charge >= 0.3 is 0 Å². The van der Waals surface area contributed by atoms with E-state index >= 15 is 0 Å². The van der Waals surface area contributed by atoms with Crippen molar-refractivity contribution in [3.8, 4) is 0 Å². The van der Waals surface area contributed by atoms with Crippen molar-refractivity contribution in [3.05, 3.63) is 0 Å². The average Bonchev–Trinajstić information content (AvgIpc) is 2.64. The van der Waals surface area contributed by atoms with Crippen molar-refractivity contribution in [1.29, 1.82) is 0 Å². The lowest BCUT2D eigenvalue weighted by molar-refractivity contribution is -0.137. The quantitative estimate of drug-likeness (QED) is 0.719. The van der Waals surface area contributed by atoms with E-state index in [4.69, 9.17) is 0 Å². The number of likely N-dealkylation sites (tertiary alicyclic amines) is 1. The van der Waals surface area contributed by atoms with Crippen LogP contribution in [-0.4, -0.2) is 35.3 Å². The van der Waals surface area contributed by atoms with Crippen LogP contribution in [0.2, 0.25) is 0 Å². The monoisotopic (exact) mass is 329 g/mol. The molecule has 1 heterocycles. The Morgan fingerprint density at radius 3 is 1.61 bits per heavy atom. The Kier molecular flexibility index (Phi) is 17.6. The van der Waals surface area contributed by atoms with E-state index in [1.807, 2.05) is 6.92 Å². The summed E-state index contributed by atoms with van der Waals surface area (Å²) in [6.45, 7) is 9.10. The Labute approximate surface area is 141 Å². The number of carbonyl (C=O) groups excluding carboxylic acids is 4. The maximum atomic E-state index is 10.8. The second-order valence-corrected chi connectivity index (χ2v) is 5.65. The highest BCUT2D eigenvalue weighted by Crippen LogP contribution is 2.15. The number of unbranched alkanes of at least 4 members (excludes halogenated alkanes) is 1. The molecule has 1 aliphatic heterocycles. The van der Waals surface area contributed by atoms with Gasteiger partial charge in [-0.1, -0.05) is 34.6 Å². The summed E-state index contributed by atoms with van der Waals surface area (Å²) in [5, 5.41) is 0. The molecule has 1 unspecified atom stereocenters. The van der Waals surface area contributed by atoms with Gasteiger partial charge in [-0.3, -0.25) is 14.5 Å². The van der Waals surface area contributed by atoms with Crippen molar-refractivity contribution in [1.82, 2.24) is 4.90 Å².